The van der Waals surface area contributed by atoms with Crippen molar-refractivity contribution in [1.29, 1.82) is 0 Å². The van der Waals surface area contributed by atoms with Crippen LogP contribution in [0.2, 0.25) is 0 Å². The molecule has 0 aliphatic rings. The first-order valence-corrected chi connectivity index (χ1v) is 11.0. The maximum absolute atomic E-state index is 11.4. The minimum absolute atomic E-state index is 0. The van der Waals surface area contributed by atoms with Gasteiger partial charge in [0.1, 0.15) is 0 Å². The van der Waals surface area contributed by atoms with Gasteiger partial charge >= 0.3 is 29.6 Å². The monoisotopic (exact) mass is 372 g/mol. The standard InChI is InChI=1S/C18H38O4S.Na/c1-3-5-7-9-11-12-14-17(19)16-18(23(20,21)22)15-13-10-8-6-4-2;/h17-19H,3-16H2,1-2H3,(H,20,21,22);/q;+1/p-1. The fourth-order valence-electron chi connectivity index (χ4n) is 2.94. The second-order valence-corrected chi connectivity index (χ2v) is 8.42. The molecule has 2 unspecified atom stereocenters. The van der Waals surface area contributed by atoms with Gasteiger partial charge in [0.15, 0.2) is 0 Å². The molecule has 0 aromatic rings. The summed E-state index contributed by atoms with van der Waals surface area (Å²) in [6.07, 6.45) is 12.4. The van der Waals surface area contributed by atoms with E-state index in [0.717, 1.165) is 44.9 Å². The topological polar surface area (TPSA) is 77.4 Å². The fourth-order valence-corrected chi connectivity index (χ4v) is 3.85. The summed E-state index contributed by atoms with van der Waals surface area (Å²) < 4.78 is 34.1. The first kappa shape index (κ1) is 27.1. The molecule has 0 radical (unpaired) electrons. The van der Waals surface area contributed by atoms with Gasteiger partial charge in [0.05, 0.1) is 21.5 Å². The molecular weight excluding hydrogens is 335 g/mol. The van der Waals surface area contributed by atoms with E-state index in [2.05, 4.69) is 13.8 Å². The number of hydrogen-bond donors (Lipinski definition) is 1. The van der Waals surface area contributed by atoms with Gasteiger partial charge in [-0.1, -0.05) is 84.5 Å². The van der Waals surface area contributed by atoms with E-state index in [1.165, 1.54) is 25.7 Å². The third kappa shape index (κ3) is 16.3. The van der Waals surface area contributed by atoms with Gasteiger partial charge in [0, 0.05) is 0 Å². The average molecular weight is 373 g/mol. The van der Waals surface area contributed by atoms with E-state index in [9.17, 15) is 18.1 Å². The van der Waals surface area contributed by atoms with Crippen molar-refractivity contribution >= 4 is 10.1 Å². The number of aliphatic hydroxyl groups is 1. The molecule has 0 aliphatic heterocycles. The summed E-state index contributed by atoms with van der Waals surface area (Å²) in [4.78, 5) is 0. The maximum atomic E-state index is 11.4. The predicted molar refractivity (Wildman–Crippen MR) is 95.5 cm³/mol. The Kier molecular flexibility index (Phi) is 19.5. The van der Waals surface area contributed by atoms with E-state index in [1.807, 2.05) is 0 Å². The summed E-state index contributed by atoms with van der Waals surface area (Å²) in [5.74, 6) is 0. The van der Waals surface area contributed by atoms with Crippen molar-refractivity contribution in [3.8, 4) is 0 Å². The van der Waals surface area contributed by atoms with Gasteiger partial charge in [-0.05, 0) is 19.3 Å². The van der Waals surface area contributed by atoms with Crippen LogP contribution in [0.4, 0.5) is 0 Å². The number of hydrogen-bond acceptors (Lipinski definition) is 4. The molecule has 0 spiro atoms. The third-order valence-corrected chi connectivity index (χ3v) is 5.71. The Hall–Kier alpha value is 0.870. The van der Waals surface area contributed by atoms with E-state index in [-0.39, 0.29) is 36.0 Å². The summed E-state index contributed by atoms with van der Waals surface area (Å²) in [6.45, 7) is 4.30. The van der Waals surface area contributed by atoms with Crippen LogP contribution in [0.1, 0.15) is 104 Å². The van der Waals surface area contributed by atoms with Gasteiger partial charge in [-0.25, -0.2) is 8.42 Å². The van der Waals surface area contributed by atoms with Crippen LogP contribution in [-0.2, 0) is 10.1 Å². The van der Waals surface area contributed by atoms with Crippen molar-refractivity contribution < 1.29 is 47.6 Å². The van der Waals surface area contributed by atoms with E-state index in [1.54, 1.807) is 0 Å². The molecule has 0 aromatic heterocycles. The molecule has 1 N–H and O–H groups in total. The van der Waals surface area contributed by atoms with Crippen LogP contribution < -0.4 is 29.6 Å². The Bertz CT molecular complexity index is 360. The van der Waals surface area contributed by atoms with Crippen molar-refractivity contribution in [3.05, 3.63) is 0 Å². The van der Waals surface area contributed by atoms with Crippen LogP contribution in [-0.4, -0.2) is 29.4 Å². The molecule has 4 nitrogen and oxygen atoms in total. The molecule has 0 saturated carbocycles. The summed E-state index contributed by atoms with van der Waals surface area (Å²) in [6, 6.07) is 0. The van der Waals surface area contributed by atoms with Crippen LogP contribution in [0.5, 0.6) is 0 Å². The summed E-state index contributed by atoms with van der Waals surface area (Å²) in [5.41, 5.74) is 0. The normalized spacial score (nSPS) is 14.2. The van der Waals surface area contributed by atoms with Gasteiger partial charge in [-0.2, -0.15) is 0 Å². The fraction of sp³-hybridized carbons (Fsp3) is 1.00. The van der Waals surface area contributed by atoms with Crippen LogP contribution in [0.15, 0.2) is 0 Å². The quantitative estimate of drug-likeness (QED) is 0.254. The zero-order valence-electron chi connectivity index (χ0n) is 16.1. The summed E-state index contributed by atoms with van der Waals surface area (Å²) in [5, 5.41) is 9.11. The minimum atomic E-state index is -4.31. The van der Waals surface area contributed by atoms with Crippen LogP contribution >= 0.6 is 0 Å². The van der Waals surface area contributed by atoms with Gasteiger partial charge in [-0.3, -0.25) is 0 Å². The Balaban J connectivity index is 0. The summed E-state index contributed by atoms with van der Waals surface area (Å²) in [7, 11) is -4.31. The number of rotatable bonds is 16. The molecule has 0 aromatic carbocycles. The Morgan fingerprint density at radius 2 is 1.21 bits per heavy atom. The zero-order chi connectivity index (χ0) is 17.6. The Labute approximate surface area is 172 Å². The van der Waals surface area contributed by atoms with Crippen LogP contribution in [0.3, 0.4) is 0 Å². The van der Waals surface area contributed by atoms with Crippen LogP contribution in [0, 0.1) is 0 Å². The molecule has 0 saturated heterocycles. The van der Waals surface area contributed by atoms with E-state index >= 15 is 0 Å². The van der Waals surface area contributed by atoms with Crippen molar-refractivity contribution in [3.63, 3.8) is 0 Å². The van der Waals surface area contributed by atoms with E-state index in [4.69, 9.17) is 0 Å². The molecule has 140 valence electrons. The van der Waals surface area contributed by atoms with Gasteiger partial charge in [0.25, 0.3) is 0 Å². The van der Waals surface area contributed by atoms with E-state index < -0.39 is 21.5 Å². The Morgan fingerprint density at radius 1 is 0.792 bits per heavy atom. The van der Waals surface area contributed by atoms with Crippen molar-refractivity contribution in [2.45, 2.75) is 115 Å². The van der Waals surface area contributed by atoms with Crippen molar-refractivity contribution in [1.82, 2.24) is 0 Å². The molecule has 0 heterocycles. The smallest absolute Gasteiger partial charge is 0.748 e. The molecular formula is C18H37NaO4S. The second-order valence-electron chi connectivity index (χ2n) is 6.76. The predicted octanol–water partition coefficient (Wildman–Crippen LogP) is 1.77. The molecule has 0 aliphatic carbocycles. The maximum Gasteiger partial charge on any atom is 1.00 e. The average Bonchev–Trinajstić information content (AvgIpc) is 2.48. The molecule has 0 amide bonds. The van der Waals surface area contributed by atoms with Crippen LogP contribution in [0.25, 0.3) is 0 Å². The molecule has 2 atom stereocenters. The molecule has 0 rings (SSSR count). The number of aliphatic hydroxyl groups excluding tert-OH is 1. The SMILES string of the molecule is CCCCCCCCC(O)CC(CCCCCCC)S(=O)(=O)[O-].[Na+]. The first-order chi connectivity index (χ1) is 10.9. The third-order valence-electron chi connectivity index (χ3n) is 4.46. The van der Waals surface area contributed by atoms with Crippen molar-refractivity contribution in [2.24, 2.45) is 0 Å². The van der Waals surface area contributed by atoms with Gasteiger partial charge in [-0.15, -0.1) is 0 Å². The first-order valence-electron chi connectivity index (χ1n) is 9.54. The molecule has 24 heavy (non-hydrogen) atoms. The summed E-state index contributed by atoms with van der Waals surface area (Å²) >= 11 is 0. The zero-order valence-corrected chi connectivity index (χ0v) is 19.0. The molecule has 0 fully saturated rings. The number of unbranched alkanes of at least 4 members (excludes halogenated alkanes) is 9. The van der Waals surface area contributed by atoms with E-state index in [0.29, 0.717) is 12.8 Å². The molecule has 0 bridgehead atoms. The Morgan fingerprint density at radius 3 is 1.67 bits per heavy atom. The van der Waals surface area contributed by atoms with Gasteiger partial charge < -0.3 is 9.66 Å². The molecule has 6 heteroatoms. The van der Waals surface area contributed by atoms with Crippen molar-refractivity contribution in [2.75, 3.05) is 0 Å². The minimum Gasteiger partial charge on any atom is -0.748 e. The van der Waals surface area contributed by atoms with Gasteiger partial charge in [0.2, 0.25) is 0 Å². The largest absolute Gasteiger partial charge is 1.00 e. The second kappa shape index (κ2) is 17.3.